The average Bonchev–Trinajstić information content (AvgIpc) is 2.80. The molecule has 2 rings (SSSR count). The van der Waals surface area contributed by atoms with Crippen LogP contribution in [0.1, 0.15) is 41.6 Å². The molecule has 0 heterocycles. The lowest BCUT2D eigenvalue weighted by Gasteiger charge is -2.12. The quantitative estimate of drug-likeness (QED) is 0.865. The van der Waals surface area contributed by atoms with Gasteiger partial charge < -0.3 is 11.1 Å². The fraction of sp³-hybridized carbons (Fsp3) is 0.462. The van der Waals surface area contributed by atoms with Gasteiger partial charge in [-0.1, -0.05) is 30.5 Å². The normalized spacial score (nSPS) is 16.3. The molecule has 3 nitrogen and oxygen atoms in total. The van der Waals surface area contributed by atoms with Gasteiger partial charge in [-0.2, -0.15) is 0 Å². The number of nitrogens with two attached hydrogens (primary N) is 1. The van der Waals surface area contributed by atoms with E-state index in [0.717, 1.165) is 12.1 Å². The number of benzene rings is 1. The van der Waals surface area contributed by atoms with Gasteiger partial charge in [0, 0.05) is 23.2 Å². The third-order valence-corrected chi connectivity index (χ3v) is 3.63. The number of amides is 1. The van der Waals surface area contributed by atoms with E-state index >= 15 is 0 Å². The Hall–Kier alpha value is -1.06. The predicted octanol–water partition coefficient (Wildman–Crippen LogP) is 2.47. The molecule has 0 bridgehead atoms. The number of carbonyl (C=O) groups is 1. The first-order valence-corrected chi connectivity index (χ1v) is 6.36. The minimum absolute atomic E-state index is 0.442. The molecule has 0 radical (unpaired) electrons. The molecular weight excluding hydrogens is 236 g/mol. The lowest BCUT2D eigenvalue weighted by molar-refractivity contribution is 0.100. The maximum atomic E-state index is 11.0. The van der Waals surface area contributed by atoms with E-state index in [1.807, 2.05) is 6.07 Å². The highest BCUT2D eigenvalue weighted by atomic mass is 35.5. The van der Waals surface area contributed by atoms with Crippen LogP contribution in [0.15, 0.2) is 18.2 Å². The van der Waals surface area contributed by atoms with Crippen LogP contribution in [-0.4, -0.2) is 11.9 Å². The summed E-state index contributed by atoms with van der Waals surface area (Å²) in [6.45, 7) is 0.753. The molecule has 0 saturated heterocycles. The van der Waals surface area contributed by atoms with Gasteiger partial charge in [-0.3, -0.25) is 4.79 Å². The zero-order valence-corrected chi connectivity index (χ0v) is 10.5. The van der Waals surface area contributed by atoms with Gasteiger partial charge >= 0.3 is 0 Å². The van der Waals surface area contributed by atoms with Crippen molar-refractivity contribution in [2.24, 2.45) is 5.73 Å². The fourth-order valence-electron chi connectivity index (χ4n) is 2.23. The molecule has 1 saturated carbocycles. The van der Waals surface area contributed by atoms with Gasteiger partial charge in [0.05, 0.1) is 0 Å². The molecule has 1 amide bonds. The number of hydrogen-bond acceptors (Lipinski definition) is 2. The highest BCUT2D eigenvalue weighted by Crippen LogP contribution is 2.21. The highest BCUT2D eigenvalue weighted by Gasteiger charge is 2.14. The van der Waals surface area contributed by atoms with Gasteiger partial charge in [0.2, 0.25) is 5.91 Å². The van der Waals surface area contributed by atoms with Crippen molar-refractivity contribution in [3.8, 4) is 0 Å². The maximum absolute atomic E-state index is 11.0. The Morgan fingerprint density at radius 2 is 2.12 bits per heavy atom. The Balaban J connectivity index is 1.98. The minimum Gasteiger partial charge on any atom is -0.366 e. The predicted molar refractivity (Wildman–Crippen MR) is 69.1 cm³/mol. The van der Waals surface area contributed by atoms with Gasteiger partial charge in [-0.25, -0.2) is 0 Å². The second-order valence-electron chi connectivity index (χ2n) is 4.53. The molecule has 17 heavy (non-hydrogen) atoms. The Morgan fingerprint density at radius 3 is 2.71 bits per heavy atom. The summed E-state index contributed by atoms with van der Waals surface area (Å²) in [5, 5.41) is 4.09. The molecule has 4 heteroatoms. The van der Waals surface area contributed by atoms with Crippen molar-refractivity contribution in [3.05, 3.63) is 34.3 Å². The molecule has 1 fully saturated rings. The number of carbonyl (C=O) groups excluding carboxylic acids is 1. The number of halogens is 1. The van der Waals surface area contributed by atoms with E-state index in [-0.39, 0.29) is 0 Å². The molecular formula is C13H17ClN2O. The van der Waals surface area contributed by atoms with Gasteiger partial charge in [0.15, 0.2) is 0 Å². The van der Waals surface area contributed by atoms with Crippen molar-refractivity contribution in [3.63, 3.8) is 0 Å². The summed E-state index contributed by atoms with van der Waals surface area (Å²) < 4.78 is 0. The van der Waals surface area contributed by atoms with E-state index in [0.29, 0.717) is 16.6 Å². The zero-order chi connectivity index (χ0) is 12.3. The maximum Gasteiger partial charge on any atom is 0.248 e. The summed E-state index contributed by atoms with van der Waals surface area (Å²) in [5.41, 5.74) is 6.67. The zero-order valence-electron chi connectivity index (χ0n) is 9.71. The summed E-state index contributed by atoms with van der Waals surface area (Å²) in [6, 6.07) is 5.83. The Bertz CT molecular complexity index is 414. The highest BCUT2D eigenvalue weighted by molar-refractivity contribution is 6.31. The summed E-state index contributed by atoms with van der Waals surface area (Å²) >= 11 is 6.11. The summed E-state index contributed by atoms with van der Waals surface area (Å²) in [4.78, 5) is 11.0. The van der Waals surface area contributed by atoms with Crippen LogP contribution in [0.3, 0.4) is 0 Å². The second kappa shape index (κ2) is 5.52. The average molecular weight is 253 g/mol. The third kappa shape index (κ3) is 3.20. The van der Waals surface area contributed by atoms with Gasteiger partial charge in [-0.15, -0.1) is 0 Å². The van der Waals surface area contributed by atoms with Crippen LogP contribution in [0.5, 0.6) is 0 Å². The number of primary amides is 1. The van der Waals surface area contributed by atoms with Gasteiger partial charge in [0.1, 0.15) is 0 Å². The first-order chi connectivity index (χ1) is 8.16. The van der Waals surface area contributed by atoms with E-state index in [2.05, 4.69) is 5.32 Å². The number of rotatable bonds is 4. The standard InChI is InChI=1S/C13H17ClN2O/c14-12-7-9(13(15)17)5-6-10(12)8-16-11-3-1-2-4-11/h5-7,11,16H,1-4,8H2,(H2,15,17). The van der Waals surface area contributed by atoms with E-state index in [4.69, 9.17) is 17.3 Å². The largest absolute Gasteiger partial charge is 0.366 e. The topological polar surface area (TPSA) is 55.1 Å². The number of nitrogens with one attached hydrogen (secondary N) is 1. The van der Waals surface area contributed by atoms with E-state index in [9.17, 15) is 4.79 Å². The fourth-order valence-corrected chi connectivity index (χ4v) is 2.48. The second-order valence-corrected chi connectivity index (χ2v) is 4.94. The SMILES string of the molecule is NC(=O)c1ccc(CNC2CCCC2)c(Cl)c1. The molecule has 1 aliphatic carbocycles. The van der Waals surface area contributed by atoms with Crippen molar-refractivity contribution >= 4 is 17.5 Å². The summed E-state index contributed by atoms with van der Waals surface area (Å²) in [5.74, 6) is -0.442. The monoisotopic (exact) mass is 252 g/mol. The molecule has 92 valence electrons. The Labute approximate surface area is 106 Å². The molecule has 0 unspecified atom stereocenters. The van der Waals surface area contributed by atoms with E-state index in [1.165, 1.54) is 25.7 Å². The van der Waals surface area contributed by atoms with Crippen molar-refractivity contribution in [2.45, 2.75) is 38.3 Å². The number of hydrogen-bond donors (Lipinski definition) is 2. The molecule has 1 aromatic rings. The lowest BCUT2D eigenvalue weighted by atomic mass is 10.1. The minimum atomic E-state index is -0.442. The van der Waals surface area contributed by atoms with Crippen LogP contribution >= 0.6 is 11.6 Å². The van der Waals surface area contributed by atoms with Gasteiger partial charge in [0.25, 0.3) is 0 Å². The van der Waals surface area contributed by atoms with Crippen molar-refractivity contribution in [1.82, 2.24) is 5.32 Å². The molecule has 3 N–H and O–H groups in total. The van der Waals surface area contributed by atoms with Crippen LogP contribution in [0.4, 0.5) is 0 Å². The third-order valence-electron chi connectivity index (χ3n) is 3.27. The van der Waals surface area contributed by atoms with Crippen molar-refractivity contribution in [1.29, 1.82) is 0 Å². The van der Waals surface area contributed by atoms with Gasteiger partial charge in [-0.05, 0) is 30.5 Å². The first kappa shape index (κ1) is 12.4. The van der Waals surface area contributed by atoms with Crippen LogP contribution in [0.25, 0.3) is 0 Å². The summed E-state index contributed by atoms with van der Waals surface area (Å²) in [6.07, 6.45) is 5.12. The Kier molecular flexibility index (Phi) is 4.02. The van der Waals surface area contributed by atoms with Crippen LogP contribution < -0.4 is 11.1 Å². The Morgan fingerprint density at radius 1 is 1.41 bits per heavy atom. The first-order valence-electron chi connectivity index (χ1n) is 5.98. The molecule has 1 aromatic carbocycles. The van der Waals surface area contributed by atoms with Crippen molar-refractivity contribution < 1.29 is 4.79 Å². The summed E-state index contributed by atoms with van der Waals surface area (Å²) in [7, 11) is 0. The van der Waals surface area contributed by atoms with E-state index in [1.54, 1.807) is 12.1 Å². The smallest absolute Gasteiger partial charge is 0.248 e. The molecule has 0 aliphatic heterocycles. The van der Waals surface area contributed by atoms with E-state index < -0.39 is 5.91 Å². The molecule has 0 aromatic heterocycles. The van der Waals surface area contributed by atoms with Crippen LogP contribution in [-0.2, 0) is 6.54 Å². The lowest BCUT2D eigenvalue weighted by Crippen LogP contribution is -2.25. The molecule has 0 spiro atoms. The van der Waals surface area contributed by atoms with Crippen molar-refractivity contribution in [2.75, 3.05) is 0 Å². The van der Waals surface area contributed by atoms with Crippen LogP contribution in [0.2, 0.25) is 5.02 Å². The van der Waals surface area contributed by atoms with Crippen LogP contribution in [0, 0.1) is 0 Å². The molecule has 1 aliphatic rings. The molecule has 0 atom stereocenters.